The van der Waals surface area contributed by atoms with Gasteiger partial charge in [-0.3, -0.25) is 4.79 Å². The molecule has 1 heterocycles. The van der Waals surface area contributed by atoms with Gasteiger partial charge in [0.2, 0.25) is 5.91 Å². The van der Waals surface area contributed by atoms with Gasteiger partial charge in [-0.05, 0) is 31.6 Å². The molecule has 5 heteroatoms. The van der Waals surface area contributed by atoms with Crippen molar-refractivity contribution in [2.75, 3.05) is 6.54 Å². The van der Waals surface area contributed by atoms with Crippen LogP contribution in [0.2, 0.25) is 0 Å². The number of carbonyl (C=O) groups is 2. The Hall–Kier alpha value is -1.10. The molecule has 1 amide bonds. The van der Waals surface area contributed by atoms with E-state index >= 15 is 0 Å². The lowest BCUT2D eigenvalue weighted by Gasteiger charge is -2.37. The van der Waals surface area contributed by atoms with Crippen molar-refractivity contribution < 1.29 is 14.7 Å². The van der Waals surface area contributed by atoms with E-state index in [1.807, 2.05) is 6.92 Å². The SMILES string of the molecule is CC1CCN(C(=O)CC2(N)CCCC2)C(C(=O)O)C1. The van der Waals surface area contributed by atoms with Crippen LogP contribution >= 0.6 is 0 Å². The Labute approximate surface area is 114 Å². The van der Waals surface area contributed by atoms with E-state index in [1.165, 1.54) is 4.90 Å². The summed E-state index contributed by atoms with van der Waals surface area (Å²) < 4.78 is 0. The fraction of sp³-hybridized carbons (Fsp3) is 0.857. The summed E-state index contributed by atoms with van der Waals surface area (Å²) >= 11 is 0. The molecule has 19 heavy (non-hydrogen) atoms. The van der Waals surface area contributed by atoms with Gasteiger partial charge in [-0.1, -0.05) is 19.8 Å². The Balaban J connectivity index is 2.02. The van der Waals surface area contributed by atoms with Gasteiger partial charge in [0.25, 0.3) is 0 Å². The second-order valence-electron chi connectivity index (χ2n) is 6.32. The van der Waals surface area contributed by atoms with Crippen molar-refractivity contribution >= 4 is 11.9 Å². The van der Waals surface area contributed by atoms with Crippen LogP contribution in [0.25, 0.3) is 0 Å². The molecule has 2 aliphatic rings. The molecule has 5 nitrogen and oxygen atoms in total. The summed E-state index contributed by atoms with van der Waals surface area (Å²) in [6, 6.07) is -0.666. The molecule has 3 N–H and O–H groups in total. The summed E-state index contributed by atoms with van der Waals surface area (Å²) in [5.41, 5.74) is 5.82. The number of aliphatic carboxylic acids is 1. The predicted molar refractivity (Wildman–Crippen MR) is 71.5 cm³/mol. The summed E-state index contributed by atoms with van der Waals surface area (Å²) in [5, 5.41) is 9.28. The van der Waals surface area contributed by atoms with Crippen molar-refractivity contribution in [3.63, 3.8) is 0 Å². The number of likely N-dealkylation sites (tertiary alicyclic amines) is 1. The molecule has 1 aliphatic heterocycles. The van der Waals surface area contributed by atoms with Crippen LogP contribution in [0.1, 0.15) is 51.9 Å². The van der Waals surface area contributed by atoms with Crippen molar-refractivity contribution in [2.45, 2.75) is 63.5 Å². The second kappa shape index (κ2) is 5.49. The van der Waals surface area contributed by atoms with E-state index in [0.717, 1.165) is 32.1 Å². The van der Waals surface area contributed by atoms with E-state index in [2.05, 4.69) is 0 Å². The number of hydrogen-bond donors (Lipinski definition) is 2. The smallest absolute Gasteiger partial charge is 0.326 e. The predicted octanol–water partition coefficient (Wildman–Crippen LogP) is 1.36. The van der Waals surface area contributed by atoms with Gasteiger partial charge in [-0.25, -0.2) is 4.79 Å². The number of carboxylic acid groups (broad SMARTS) is 1. The molecular formula is C14H24N2O3. The molecule has 0 bridgehead atoms. The molecule has 0 aromatic carbocycles. The van der Waals surface area contributed by atoms with E-state index < -0.39 is 17.6 Å². The summed E-state index contributed by atoms with van der Waals surface area (Å²) in [6.07, 6.45) is 5.63. The maximum atomic E-state index is 12.4. The molecule has 2 unspecified atom stereocenters. The highest BCUT2D eigenvalue weighted by Gasteiger charge is 2.38. The minimum Gasteiger partial charge on any atom is -0.480 e. The lowest BCUT2D eigenvalue weighted by molar-refractivity contribution is -0.153. The van der Waals surface area contributed by atoms with Gasteiger partial charge in [-0.2, -0.15) is 0 Å². The van der Waals surface area contributed by atoms with Crippen LogP contribution in [0.15, 0.2) is 0 Å². The first-order valence-electron chi connectivity index (χ1n) is 7.22. The summed E-state index contributed by atoms with van der Waals surface area (Å²) in [4.78, 5) is 25.2. The molecule has 1 aliphatic carbocycles. The van der Waals surface area contributed by atoms with Crippen LogP contribution in [-0.4, -0.2) is 40.0 Å². The molecule has 0 radical (unpaired) electrons. The van der Waals surface area contributed by atoms with Crippen LogP contribution < -0.4 is 5.73 Å². The summed E-state index contributed by atoms with van der Waals surface area (Å²) in [5.74, 6) is -0.607. The fourth-order valence-corrected chi connectivity index (χ4v) is 3.33. The van der Waals surface area contributed by atoms with E-state index in [-0.39, 0.29) is 5.91 Å². The standard InChI is InChI=1S/C14H24N2O3/c1-10-4-7-16(11(8-10)13(18)19)12(17)9-14(15)5-2-3-6-14/h10-11H,2-9,15H2,1H3,(H,18,19). The highest BCUT2D eigenvalue weighted by molar-refractivity contribution is 5.84. The number of nitrogens with two attached hydrogens (primary N) is 1. The van der Waals surface area contributed by atoms with Gasteiger partial charge in [0.1, 0.15) is 6.04 Å². The number of hydrogen-bond acceptors (Lipinski definition) is 3. The van der Waals surface area contributed by atoms with Crippen molar-refractivity contribution in [3.8, 4) is 0 Å². The number of rotatable bonds is 3. The highest BCUT2D eigenvalue weighted by atomic mass is 16.4. The molecule has 2 fully saturated rings. The molecule has 1 saturated carbocycles. The average Bonchev–Trinajstić information content (AvgIpc) is 2.75. The number of carboxylic acids is 1. The minimum atomic E-state index is -0.891. The van der Waals surface area contributed by atoms with E-state index in [9.17, 15) is 14.7 Å². The van der Waals surface area contributed by atoms with Crippen molar-refractivity contribution in [2.24, 2.45) is 11.7 Å². The third kappa shape index (κ3) is 3.26. The van der Waals surface area contributed by atoms with E-state index in [0.29, 0.717) is 25.3 Å². The second-order valence-corrected chi connectivity index (χ2v) is 6.32. The largest absolute Gasteiger partial charge is 0.480 e. The molecule has 0 aromatic heterocycles. The number of carbonyl (C=O) groups excluding carboxylic acids is 1. The normalized spacial score (nSPS) is 30.3. The monoisotopic (exact) mass is 268 g/mol. The van der Waals surface area contributed by atoms with Crippen molar-refractivity contribution in [1.29, 1.82) is 0 Å². The maximum Gasteiger partial charge on any atom is 0.326 e. The number of piperidine rings is 1. The van der Waals surface area contributed by atoms with E-state index in [1.54, 1.807) is 0 Å². The summed E-state index contributed by atoms with van der Waals surface area (Å²) in [6.45, 7) is 2.59. The Morgan fingerprint density at radius 1 is 1.37 bits per heavy atom. The Bertz CT molecular complexity index is 364. The number of nitrogens with zero attached hydrogens (tertiary/aromatic N) is 1. The van der Waals surface area contributed by atoms with Crippen LogP contribution in [0.5, 0.6) is 0 Å². The third-order valence-corrected chi connectivity index (χ3v) is 4.57. The highest BCUT2D eigenvalue weighted by Crippen LogP contribution is 2.32. The molecule has 0 spiro atoms. The molecule has 0 aromatic rings. The van der Waals surface area contributed by atoms with Crippen LogP contribution in [0.4, 0.5) is 0 Å². The molecule has 2 atom stereocenters. The van der Waals surface area contributed by atoms with Crippen LogP contribution in [-0.2, 0) is 9.59 Å². The van der Waals surface area contributed by atoms with Crippen molar-refractivity contribution in [1.82, 2.24) is 4.90 Å². The molecule has 1 saturated heterocycles. The van der Waals surface area contributed by atoms with Gasteiger partial charge in [0.05, 0.1) is 0 Å². The third-order valence-electron chi connectivity index (χ3n) is 4.57. The quantitative estimate of drug-likeness (QED) is 0.809. The van der Waals surface area contributed by atoms with Gasteiger partial charge >= 0.3 is 5.97 Å². The Morgan fingerprint density at radius 3 is 2.58 bits per heavy atom. The minimum absolute atomic E-state index is 0.0799. The van der Waals surface area contributed by atoms with Gasteiger partial charge < -0.3 is 15.7 Å². The Morgan fingerprint density at radius 2 is 2.00 bits per heavy atom. The maximum absolute atomic E-state index is 12.4. The first-order chi connectivity index (χ1) is 8.91. The fourth-order valence-electron chi connectivity index (χ4n) is 3.33. The van der Waals surface area contributed by atoms with Gasteiger partial charge in [0.15, 0.2) is 0 Å². The van der Waals surface area contributed by atoms with Gasteiger partial charge in [-0.15, -0.1) is 0 Å². The average molecular weight is 268 g/mol. The zero-order valence-electron chi connectivity index (χ0n) is 11.6. The lowest BCUT2D eigenvalue weighted by atomic mass is 9.89. The van der Waals surface area contributed by atoms with Crippen LogP contribution in [0, 0.1) is 5.92 Å². The Kier molecular flexibility index (Phi) is 4.13. The number of amides is 1. The lowest BCUT2D eigenvalue weighted by Crippen LogP contribution is -2.52. The zero-order chi connectivity index (χ0) is 14.0. The molecule has 2 rings (SSSR count). The first-order valence-corrected chi connectivity index (χ1v) is 7.22. The van der Waals surface area contributed by atoms with Gasteiger partial charge in [0, 0.05) is 18.5 Å². The van der Waals surface area contributed by atoms with E-state index in [4.69, 9.17) is 5.73 Å². The molecule has 108 valence electrons. The zero-order valence-corrected chi connectivity index (χ0v) is 11.6. The molecular weight excluding hydrogens is 244 g/mol. The topological polar surface area (TPSA) is 83.6 Å². The van der Waals surface area contributed by atoms with Crippen molar-refractivity contribution in [3.05, 3.63) is 0 Å². The first kappa shape index (κ1) is 14.3. The summed E-state index contributed by atoms with van der Waals surface area (Å²) in [7, 11) is 0. The van der Waals surface area contributed by atoms with Crippen LogP contribution in [0.3, 0.4) is 0 Å².